The lowest BCUT2D eigenvalue weighted by Gasteiger charge is -2.09. The number of rotatable bonds is 7. The number of amides is 2. The van der Waals surface area contributed by atoms with E-state index in [0.29, 0.717) is 12.6 Å². The number of carbonyl (C=O) groups excluding carboxylic acids is 2. The van der Waals surface area contributed by atoms with E-state index in [1.54, 1.807) is 0 Å². The molecule has 0 bridgehead atoms. The van der Waals surface area contributed by atoms with Gasteiger partial charge in [-0.3, -0.25) is 19.4 Å². The van der Waals surface area contributed by atoms with Gasteiger partial charge in [-0.2, -0.15) is 0 Å². The molecule has 3 aromatic rings. The van der Waals surface area contributed by atoms with Crippen LogP contribution in [0.5, 0.6) is 0 Å². The zero-order valence-electron chi connectivity index (χ0n) is 15.9. The number of carbonyl (C=O) groups is 2. The smallest absolute Gasteiger partial charge is 0.277 e. The predicted octanol–water partition coefficient (Wildman–Crippen LogP) is 2.29. The second-order valence-electron chi connectivity index (χ2n) is 6.27. The summed E-state index contributed by atoms with van der Waals surface area (Å²) < 4.78 is 26.3. The Morgan fingerprint density at radius 3 is 2.52 bits per heavy atom. The lowest BCUT2D eigenvalue weighted by Crippen LogP contribution is -2.25. The highest BCUT2D eigenvalue weighted by Gasteiger charge is 2.16. The molecule has 0 aliphatic carbocycles. The summed E-state index contributed by atoms with van der Waals surface area (Å²) in [6.45, 7) is 0.362. The van der Waals surface area contributed by atoms with Gasteiger partial charge in [-0.1, -0.05) is 42.1 Å². The van der Waals surface area contributed by atoms with Crippen LogP contribution in [0.15, 0.2) is 58.5 Å². The highest BCUT2D eigenvalue weighted by atomic mass is 32.2. The molecule has 1 aromatic heterocycles. The van der Waals surface area contributed by atoms with Gasteiger partial charge in [0.25, 0.3) is 11.5 Å². The monoisotopic (exact) mass is 445 g/mol. The third-order valence-electron chi connectivity index (χ3n) is 4.02. The molecule has 0 unspecified atom stereocenters. The van der Waals surface area contributed by atoms with Crippen LogP contribution in [0.4, 0.5) is 20.3 Å². The third kappa shape index (κ3) is 5.89. The maximum absolute atomic E-state index is 13.3. The first-order valence-corrected chi connectivity index (χ1v) is 9.91. The van der Waals surface area contributed by atoms with E-state index < -0.39 is 23.1 Å². The van der Waals surface area contributed by atoms with Gasteiger partial charge in [-0.05, 0) is 23.8 Å². The average molecular weight is 445 g/mol. The summed E-state index contributed by atoms with van der Waals surface area (Å²) in [5.41, 5.74) is 5.40. The van der Waals surface area contributed by atoms with Crippen molar-refractivity contribution < 1.29 is 18.4 Å². The predicted molar refractivity (Wildman–Crippen MR) is 113 cm³/mol. The van der Waals surface area contributed by atoms with E-state index in [-0.39, 0.29) is 33.9 Å². The van der Waals surface area contributed by atoms with E-state index in [2.05, 4.69) is 20.6 Å². The van der Waals surface area contributed by atoms with Crippen molar-refractivity contribution in [2.75, 3.05) is 16.8 Å². The van der Waals surface area contributed by atoms with Gasteiger partial charge in [0.1, 0.15) is 5.69 Å². The first-order valence-electron chi connectivity index (χ1n) is 8.93. The van der Waals surface area contributed by atoms with Crippen LogP contribution in [0.3, 0.4) is 0 Å². The van der Waals surface area contributed by atoms with Crippen LogP contribution in [0.1, 0.15) is 15.9 Å². The van der Waals surface area contributed by atoms with Crippen molar-refractivity contribution in [2.24, 2.45) is 0 Å². The molecular formula is C20H17F2N5O3S. The van der Waals surface area contributed by atoms with E-state index in [0.717, 1.165) is 29.5 Å². The zero-order valence-corrected chi connectivity index (χ0v) is 16.8. The molecule has 0 aliphatic rings. The number of hydrogen-bond acceptors (Lipinski definition) is 6. The molecule has 2 aromatic carbocycles. The second kappa shape index (κ2) is 9.85. The molecule has 0 saturated heterocycles. The van der Waals surface area contributed by atoms with E-state index in [1.165, 1.54) is 0 Å². The van der Waals surface area contributed by atoms with E-state index in [1.807, 2.05) is 30.3 Å². The molecule has 31 heavy (non-hydrogen) atoms. The molecule has 2 amide bonds. The van der Waals surface area contributed by atoms with Gasteiger partial charge in [-0.25, -0.2) is 13.8 Å². The Balaban J connectivity index is 1.60. The van der Waals surface area contributed by atoms with Crippen LogP contribution in [-0.2, 0) is 11.3 Å². The number of nitrogens with zero attached hydrogens (tertiary/aromatic N) is 1. The van der Waals surface area contributed by atoms with Crippen LogP contribution < -0.4 is 21.9 Å². The number of benzene rings is 2. The Morgan fingerprint density at radius 1 is 1.10 bits per heavy atom. The zero-order chi connectivity index (χ0) is 22.4. The minimum Gasteiger partial charge on any atom is -0.382 e. The number of aromatic amines is 1. The molecule has 3 rings (SSSR count). The van der Waals surface area contributed by atoms with Gasteiger partial charge in [0.05, 0.1) is 5.75 Å². The van der Waals surface area contributed by atoms with E-state index in [4.69, 9.17) is 5.73 Å². The van der Waals surface area contributed by atoms with Crippen molar-refractivity contribution in [3.8, 4) is 0 Å². The molecule has 11 heteroatoms. The average Bonchev–Trinajstić information content (AvgIpc) is 2.75. The van der Waals surface area contributed by atoms with Crippen molar-refractivity contribution in [2.45, 2.75) is 11.7 Å². The van der Waals surface area contributed by atoms with Gasteiger partial charge in [-0.15, -0.1) is 0 Å². The molecule has 8 nitrogen and oxygen atoms in total. The van der Waals surface area contributed by atoms with Crippen LogP contribution in [0.2, 0.25) is 0 Å². The number of thioether (sulfide) groups is 1. The third-order valence-corrected chi connectivity index (χ3v) is 4.89. The fourth-order valence-corrected chi connectivity index (χ4v) is 3.16. The summed E-state index contributed by atoms with van der Waals surface area (Å²) in [5, 5.41) is 5.05. The lowest BCUT2D eigenvalue weighted by molar-refractivity contribution is -0.118. The second-order valence-corrected chi connectivity index (χ2v) is 7.23. The molecule has 0 spiro atoms. The van der Waals surface area contributed by atoms with Crippen LogP contribution in [-0.4, -0.2) is 27.5 Å². The first kappa shape index (κ1) is 22.0. The summed E-state index contributed by atoms with van der Waals surface area (Å²) in [7, 11) is 0. The van der Waals surface area contributed by atoms with Crippen molar-refractivity contribution in [3.05, 3.63) is 81.6 Å². The quantitative estimate of drug-likeness (QED) is 0.326. The first-order chi connectivity index (χ1) is 14.8. The minimum atomic E-state index is -1.20. The van der Waals surface area contributed by atoms with E-state index >= 15 is 0 Å². The number of hydrogen-bond donors (Lipinski definition) is 4. The Morgan fingerprint density at radius 2 is 1.84 bits per heavy atom. The number of nitrogen functional groups attached to an aromatic ring is 1. The Hall–Kier alpha value is -3.73. The van der Waals surface area contributed by atoms with Gasteiger partial charge < -0.3 is 16.4 Å². The SMILES string of the molecule is Nc1nc(SCC(=O)NCc2ccccc2)[nH]c(=O)c1NC(=O)c1ccc(F)c(F)c1. The molecule has 0 radical (unpaired) electrons. The maximum Gasteiger partial charge on any atom is 0.277 e. The summed E-state index contributed by atoms with van der Waals surface area (Å²) >= 11 is 0.957. The van der Waals surface area contributed by atoms with E-state index in [9.17, 15) is 23.2 Å². The number of halogens is 2. The molecule has 0 saturated carbocycles. The standard InChI is InChI=1S/C20H17F2N5O3S/c21-13-7-6-12(8-14(13)22)18(29)25-16-17(23)26-20(27-19(16)30)31-10-15(28)24-9-11-4-2-1-3-5-11/h1-8H,9-10H2,(H,24,28)(H,25,29)(H3,23,26,27,30). The van der Waals surface area contributed by atoms with Gasteiger partial charge in [0.2, 0.25) is 5.91 Å². The lowest BCUT2D eigenvalue weighted by atomic mass is 10.2. The highest BCUT2D eigenvalue weighted by Crippen LogP contribution is 2.18. The topological polar surface area (TPSA) is 130 Å². The number of nitrogens with two attached hydrogens (primary N) is 1. The Labute approximate surface area is 179 Å². The van der Waals surface area contributed by atoms with Crippen molar-refractivity contribution in [1.82, 2.24) is 15.3 Å². The molecule has 0 aliphatic heterocycles. The summed E-state index contributed by atoms with van der Waals surface area (Å²) in [6, 6.07) is 11.9. The van der Waals surface area contributed by atoms with Crippen LogP contribution in [0.25, 0.3) is 0 Å². The summed E-state index contributed by atoms with van der Waals surface area (Å²) in [4.78, 5) is 42.8. The highest BCUT2D eigenvalue weighted by molar-refractivity contribution is 7.99. The maximum atomic E-state index is 13.3. The molecule has 0 atom stereocenters. The fraction of sp³-hybridized carbons (Fsp3) is 0.100. The van der Waals surface area contributed by atoms with Crippen LogP contribution in [0, 0.1) is 11.6 Å². The number of anilines is 2. The summed E-state index contributed by atoms with van der Waals surface area (Å²) in [5.74, 6) is -3.75. The number of nitrogens with one attached hydrogen (secondary N) is 3. The normalized spacial score (nSPS) is 10.5. The summed E-state index contributed by atoms with van der Waals surface area (Å²) in [6.07, 6.45) is 0. The van der Waals surface area contributed by atoms with Crippen molar-refractivity contribution in [1.29, 1.82) is 0 Å². The number of aromatic nitrogens is 2. The Bertz CT molecular complexity index is 1170. The minimum absolute atomic E-state index is 0.0181. The number of H-pyrrole nitrogens is 1. The van der Waals surface area contributed by atoms with Crippen molar-refractivity contribution in [3.63, 3.8) is 0 Å². The fourth-order valence-electron chi connectivity index (χ4n) is 2.46. The molecule has 1 heterocycles. The molecule has 5 N–H and O–H groups in total. The van der Waals surface area contributed by atoms with Crippen molar-refractivity contribution >= 4 is 35.1 Å². The van der Waals surface area contributed by atoms with Gasteiger partial charge >= 0.3 is 0 Å². The van der Waals surface area contributed by atoms with Gasteiger partial charge in [0.15, 0.2) is 22.6 Å². The van der Waals surface area contributed by atoms with Gasteiger partial charge in [0, 0.05) is 12.1 Å². The largest absolute Gasteiger partial charge is 0.382 e. The molecular weight excluding hydrogens is 428 g/mol. The Kier molecular flexibility index (Phi) is 6.98. The molecule has 0 fully saturated rings. The van der Waals surface area contributed by atoms with Crippen LogP contribution >= 0.6 is 11.8 Å². The molecule has 160 valence electrons.